The van der Waals surface area contributed by atoms with Crippen LogP contribution in [0.15, 0.2) is 28.8 Å². The predicted molar refractivity (Wildman–Crippen MR) is 79.5 cm³/mol. The smallest absolute Gasteiger partial charge is 0.214 e. The summed E-state index contributed by atoms with van der Waals surface area (Å²) in [5.74, 6) is 2.88. The number of benzene rings is 1. The van der Waals surface area contributed by atoms with Crippen LogP contribution in [0.25, 0.3) is 11.0 Å². The average molecular weight is 310 g/mol. The Labute approximate surface area is 126 Å². The second-order valence-electron chi connectivity index (χ2n) is 4.55. The molecule has 4 nitrogen and oxygen atoms in total. The molecule has 6 heteroatoms. The van der Waals surface area contributed by atoms with Crippen molar-refractivity contribution < 1.29 is 4.42 Å². The normalized spacial score (nSPS) is 11.3. The highest BCUT2D eigenvalue weighted by molar-refractivity contribution is 6.31. The third-order valence-corrected chi connectivity index (χ3v) is 3.49. The first-order chi connectivity index (χ1) is 9.67. The number of hydrogen-bond donors (Lipinski definition) is 0. The lowest BCUT2D eigenvalue weighted by Gasteiger charge is -2.05. The van der Waals surface area contributed by atoms with E-state index in [9.17, 15) is 0 Å². The van der Waals surface area contributed by atoms with E-state index in [2.05, 4.69) is 14.5 Å². The molecule has 0 fully saturated rings. The van der Waals surface area contributed by atoms with E-state index in [1.165, 1.54) is 0 Å². The number of aromatic nitrogens is 3. The minimum atomic E-state index is 0.516. The monoisotopic (exact) mass is 309 g/mol. The molecule has 0 amide bonds. The van der Waals surface area contributed by atoms with Gasteiger partial charge in [-0.15, -0.1) is 11.6 Å². The summed E-state index contributed by atoms with van der Waals surface area (Å²) in [7, 11) is 0. The molecule has 0 atom stereocenters. The number of alkyl halides is 1. The molecule has 0 unspecified atom stereocenters. The lowest BCUT2D eigenvalue weighted by molar-refractivity contribution is 0.456. The van der Waals surface area contributed by atoms with E-state index >= 15 is 0 Å². The topological polar surface area (TPSA) is 43.9 Å². The van der Waals surface area contributed by atoms with Crippen molar-refractivity contribution in [1.29, 1.82) is 0 Å². The lowest BCUT2D eigenvalue weighted by Crippen LogP contribution is -2.06. The van der Waals surface area contributed by atoms with E-state index in [0.29, 0.717) is 29.8 Å². The fourth-order valence-corrected chi connectivity index (χ4v) is 2.55. The highest BCUT2D eigenvalue weighted by Gasteiger charge is 2.13. The van der Waals surface area contributed by atoms with Crippen LogP contribution in [0.3, 0.4) is 0 Å². The van der Waals surface area contributed by atoms with Gasteiger partial charge >= 0.3 is 0 Å². The number of aryl methyl sites for hydroxylation is 2. The Hall–Kier alpha value is -1.52. The molecule has 3 rings (SSSR count). The van der Waals surface area contributed by atoms with Crippen LogP contribution in [-0.4, -0.2) is 20.4 Å². The van der Waals surface area contributed by atoms with E-state index in [-0.39, 0.29) is 0 Å². The average Bonchev–Trinajstić information content (AvgIpc) is 2.95. The van der Waals surface area contributed by atoms with Crippen molar-refractivity contribution in [3.8, 4) is 0 Å². The zero-order valence-corrected chi connectivity index (χ0v) is 12.4. The Morgan fingerprint density at radius 2 is 2.20 bits per heavy atom. The SMILES string of the molecule is Cc1cnc(Cn2c(CCCl)nc3cc(Cl)ccc32)o1. The Kier molecular flexibility index (Phi) is 3.68. The van der Waals surface area contributed by atoms with Crippen molar-refractivity contribution in [2.75, 3.05) is 5.88 Å². The van der Waals surface area contributed by atoms with E-state index in [0.717, 1.165) is 22.6 Å². The van der Waals surface area contributed by atoms with Crippen molar-refractivity contribution in [3.63, 3.8) is 0 Å². The van der Waals surface area contributed by atoms with E-state index in [4.69, 9.17) is 27.6 Å². The molecule has 0 spiro atoms. The second kappa shape index (κ2) is 5.46. The van der Waals surface area contributed by atoms with Crippen LogP contribution in [0, 0.1) is 6.92 Å². The number of oxazole rings is 1. The van der Waals surface area contributed by atoms with Gasteiger partial charge in [-0.05, 0) is 25.1 Å². The van der Waals surface area contributed by atoms with Gasteiger partial charge in [0.25, 0.3) is 0 Å². The van der Waals surface area contributed by atoms with Crippen LogP contribution in [0.2, 0.25) is 5.02 Å². The van der Waals surface area contributed by atoms with Crippen molar-refractivity contribution in [3.05, 3.63) is 46.9 Å². The first-order valence-electron chi connectivity index (χ1n) is 6.29. The molecule has 0 aliphatic heterocycles. The molecule has 20 heavy (non-hydrogen) atoms. The summed E-state index contributed by atoms with van der Waals surface area (Å²) in [5.41, 5.74) is 1.87. The lowest BCUT2D eigenvalue weighted by atomic mass is 10.3. The maximum absolute atomic E-state index is 6.01. The summed E-state index contributed by atoms with van der Waals surface area (Å²) < 4.78 is 7.61. The second-order valence-corrected chi connectivity index (χ2v) is 5.37. The van der Waals surface area contributed by atoms with Gasteiger partial charge in [0.05, 0.1) is 17.2 Å². The maximum Gasteiger partial charge on any atom is 0.214 e. The van der Waals surface area contributed by atoms with Crippen LogP contribution in [0.5, 0.6) is 0 Å². The van der Waals surface area contributed by atoms with Gasteiger partial charge in [-0.2, -0.15) is 0 Å². The highest BCUT2D eigenvalue weighted by atomic mass is 35.5. The standard InChI is InChI=1S/C14H13Cl2N3O/c1-9-7-17-14(20-9)8-19-12-3-2-10(16)6-11(12)18-13(19)4-5-15/h2-3,6-7H,4-5,8H2,1H3. The summed E-state index contributed by atoms with van der Waals surface area (Å²) in [6.45, 7) is 2.42. The number of hydrogen-bond acceptors (Lipinski definition) is 3. The van der Waals surface area contributed by atoms with Gasteiger partial charge in [-0.1, -0.05) is 11.6 Å². The molecule has 0 N–H and O–H groups in total. The van der Waals surface area contributed by atoms with Gasteiger partial charge in [-0.3, -0.25) is 0 Å². The third-order valence-electron chi connectivity index (χ3n) is 3.07. The van der Waals surface area contributed by atoms with Crippen LogP contribution in [0.4, 0.5) is 0 Å². The summed E-state index contributed by atoms with van der Waals surface area (Å²) in [4.78, 5) is 8.83. The molecule has 0 saturated heterocycles. The number of fused-ring (bicyclic) bond motifs is 1. The number of nitrogens with zero attached hydrogens (tertiary/aromatic N) is 3. The first kappa shape index (κ1) is 13.5. The fourth-order valence-electron chi connectivity index (χ4n) is 2.21. The van der Waals surface area contributed by atoms with Crippen LogP contribution in [-0.2, 0) is 13.0 Å². The van der Waals surface area contributed by atoms with Crippen LogP contribution < -0.4 is 0 Å². The van der Waals surface area contributed by atoms with Crippen molar-refractivity contribution >= 4 is 34.2 Å². The summed E-state index contributed by atoms with van der Waals surface area (Å²) in [6.07, 6.45) is 2.40. The van der Waals surface area contributed by atoms with E-state index in [1.807, 2.05) is 25.1 Å². The minimum Gasteiger partial charge on any atom is -0.444 e. The highest BCUT2D eigenvalue weighted by Crippen LogP contribution is 2.22. The zero-order chi connectivity index (χ0) is 14.1. The Morgan fingerprint density at radius 3 is 2.90 bits per heavy atom. The predicted octanol–water partition coefficient (Wildman–Crippen LogP) is 3.82. The Bertz CT molecular complexity index is 748. The fraction of sp³-hybridized carbons (Fsp3) is 0.286. The molecular weight excluding hydrogens is 297 g/mol. The third kappa shape index (κ3) is 2.53. The molecule has 0 aliphatic carbocycles. The number of imidazole rings is 1. The van der Waals surface area contributed by atoms with Gasteiger partial charge in [0.15, 0.2) is 0 Å². The Balaban J connectivity index is 2.08. The van der Waals surface area contributed by atoms with Crippen LogP contribution >= 0.6 is 23.2 Å². The Morgan fingerprint density at radius 1 is 1.35 bits per heavy atom. The molecular formula is C14H13Cl2N3O. The van der Waals surface area contributed by atoms with E-state index in [1.54, 1.807) is 6.20 Å². The summed E-state index contributed by atoms with van der Waals surface area (Å²) >= 11 is 11.9. The zero-order valence-electron chi connectivity index (χ0n) is 10.9. The van der Waals surface area contributed by atoms with Crippen molar-refractivity contribution in [1.82, 2.24) is 14.5 Å². The molecule has 1 aromatic carbocycles. The van der Waals surface area contributed by atoms with Crippen molar-refractivity contribution in [2.45, 2.75) is 19.9 Å². The summed E-state index contributed by atoms with van der Waals surface area (Å²) in [6, 6.07) is 5.66. The molecule has 2 aromatic heterocycles. The van der Waals surface area contributed by atoms with Crippen molar-refractivity contribution in [2.24, 2.45) is 0 Å². The summed E-state index contributed by atoms with van der Waals surface area (Å²) in [5, 5.41) is 0.673. The minimum absolute atomic E-state index is 0.516. The van der Waals surface area contributed by atoms with Gasteiger partial charge in [-0.25, -0.2) is 9.97 Å². The molecule has 0 saturated carbocycles. The quantitative estimate of drug-likeness (QED) is 0.688. The molecule has 104 valence electrons. The number of rotatable bonds is 4. The van der Waals surface area contributed by atoms with Gasteiger partial charge in [0.1, 0.15) is 18.1 Å². The molecule has 2 heterocycles. The van der Waals surface area contributed by atoms with Gasteiger partial charge < -0.3 is 8.98 Å². The van der Waals surface area contributed by atoms with E-state index < -0.39 is 0 Å². The van der Waals surface area contributed by atoms with Crippen LogP contribution in [0.1, 0.15) is 17.5 Å². The van der Waals surface area contributed by atoms with Gasteiger partial charge in [0, 0.05) is 17.3 Å². The molecule has 0 aliphatic rings. The molecule has 0 radical (unpaired) electrons. The number of halogens is 2. The largest absolute Gasteiger partial charge is 0.444 e. The molecule has 0 bridgehead atoms. The van der Waals surface area contributed by atoms with Gasteiger partial charge in [0.2, 0.25) is 5.89 Å². The maximum atomic E-state index is 6.01. The molecule has 3 aromatic rings. The first-order valence-corrected chi connectivity index (χ1v) is 7.20.